The van der Waals surface area contributed by atoms with Crippen molar-refractivity contribution in [1.29, 1.82) is 0 Å². The largest absolute Gasteiger partial charge is 0.307 e. The van der Waals surface area contributed by atoms with Crippen LogP contribution >= 0.6 is 0 Å². The van der Waals surface area contributed by atoms with Gasteiger partial charge >= 0.3 is 0 Å². The normalized spacial score (nSPS) is 22.4. The monoisotopic (exact) mass is 378 g/mol. The van der Waals surface area contributed by atoms with Crippen LogP contribution in [-0.4, -0.2) is 38.8 Å². The first-order chi connectivity index (χ1) is 13.6. The average molecular weight is 379 g/mol. The average Bonchev–Trinajstić information content (AvgIpc) is 2.98. The van der Waals surface area contributed by atoms with Gasteiger partial charge in [0.1, 0.15) is 11.3 Å². The fourth-order valence-electron chi connectivity index (χ4n) is 5.13. The van der Waals surface area contributed by atoms with E-state index in [2.05, 4.69) is 46.6 Å². The zero-order chi connectivity index (χ0) is 19.3. The molecule has 148 valence electrons. The Bertz CT molecular complexity index is 1020. The highest BCUT2D eigenvalue weighted by Crippen LogP contribution is 2.34. The van der Waals surface area contributed by atoms with Crippen molar-refractivity contribution in [3.05, 3.63) is 45.4 Å². The standard InChI is InChI=1S/C23H30N4O/c1-15(2)26-12-6-7-16(13-26)14-27-22-20(21(25-27)17-8-5-9-17)18-10-3-4-11-19(18)23(28)24-22/h5,8-9,15-16H,3-4,6-7,10-14H2,1-2H3,(H,24,28). The van der Waals surface area contributed by atoms with Crippen molar-refractivity contribution in [2.75, 3.05) is 13.1 Å². The molecule has 3 aliphatic rings. The van der Waals surface area contributed by atoms with Crippen molar-refractivity contribution in [2.24, 2.45) is 5.92 Å². The quantitative estimate of drug-likeness (QED) is 0.883. The number of piperidine rings is 1. The first-order valence-corrected chi connectivity index (χ1v) is 10.9. The van der Waals surface area contributed by atoms with Gasteiger partial charge in [0, 0.05) is 35.7 Å². The second kappa shape index (κ2) is 7.03. The molecule has 28 heavy (non-hydrogen) atoms. The number of aromatic nitrogens is 3. The number of hydrogen-bond acceptors (Lipinski definition) is 3. The van der Waals surface area contributed by atoms with Gasteiger partial charge in [-0.1, -0.05) is 18.2 Å². The third-order valence-corrected chi connectivity index (χ3v) is 6.76. The van der Waals surface area contributed by atoms with Gasteiger partial charge in [-0.25, -0.2) is 4.68 Å². The smallest absolute Gasteiger partial charge is 0.253 e. The Kier molecular flexibility index (Phi) is 4.50. The molecule has 5 heteroatoms. The molecule has 1 aliphatic heterocycles. The highest BCUT2D eigenvalue weighted by Gasteiger charge is 2.27. The van der Waals surface area contributed by atoms with Crippen LogP contribution < -0.4 is 5.56 Å². The van der Waals surface area contributed by atoms with E-state index in [1.165, 1.54) is 35.9 Å². The molecule has 0 amide bonds. The first-order valence-electron chi connectivity index (χ1n) is 10.9. The van der Waals surface area contributed by atoms with Gasteiger partial charge in [-0.15, -0.1) is 0 Å². The fourth-order valence-corrected chi connectivity index (χ4v) is 5.13. The Morgan fingerprint density at radius 2 is 2.00 bits per heavy atom. The van der Waals surface area contributed by atoms with E-state index in [0.29, 0.717) is 12.0 Å². The van der Waals surface area contributed by atoms with Gasteiger partial charge in [0.25, 0.3) is 5.56 Å². The molecule has 5 nitrogen and oxygen atoms in total. The van der Waals surface area contributed by atoms with E-state index < -0.39 is 0 Å². The van der Waals surface area contributed by atoms with E-state index in [1.54, 1.807) is 0 Å². The summed E-state index contributed by atoms with van der Waals surface area (Å²) in [6.07, 6.45) is 13.0. The summed E-state index contributed by atoms with van der Waals surface area (Å²) in [5.74, 6) is 0.581. The lowest BCUT2D eigenvalue weighted by molar-refractivity contribution is 0.129. The molecule has 1 atom stereocenters. The Labute approximate surface area is 166 Å². The molecule has 0 aromatic carbocycles. The maximum atomic E-state index is 12.8. The summed E-state index contributed by atoms with van der Waals surface area (Å²) in [6.45, 7) is 7.75. The lowest BCUT2D eigenvalue weighted by Gasteiger charge is -2.35. The summed E-state index contributed by atoms with van der Waals surface area (Å²) in [5.41, 5.74) is 5.52. The number of fused-ring (bicyclic) bond motifs is 3. The van der Waals surface area contributed by atoms with E-state index in [9.17, 15) is 4.79 Å². The van der Waals surface area contributed by atoms with Crippen LogP contribution in [0.4, 0.5) is 0 Å². The third-order valence-electron chi connectivity index (χ3n) is 6.76. The minimum atomic E-state index is 0.0977. The molecule has 1 N–H and O–H groups in total. The lowest BCUT2D eigenvalue weighted by Crippen LogP contribution is -2.41. The Hall–Kier alpha value is -2.14. The number of nitrogens with zero attached hydrogens (tertiary/aromatic N) is 3. The molecule has 5 rings (SSSR count). The van der Waals surface area contributed by atoms with Gasteiger partial charge in [0.05, 0.1) is 0 Å². The lowest BCUT2D eigenvalue weighted by atomic mass is 9.89. The Morgan fingerprint density at radius 1 is 1.21 bits per heavy atom. The fraction of sp³-hybridized carbons (Fsp3) is 0.565. The van der Waals surface area contributed by atoms with E-state index in [4.69, 9.17) is 5.10 Å². The van der Waals surface area contributed by atoms with Crippen molar-refractivity contribution in [3.8, 4) is 0 Å². The second-order valence-corrected chi connectivity index (χ2v) is 8.95. The number of hydrogen-bond donors (Lipinski definition) is 1. The van der Waals surface area contributed by atoms with Crippen LogP contribution in [0, 0.1) is 5.92 Å². The van der Waals surface area contributed by atoms with Gasteiger partial charge < -0.3 is 9.88 Å². The van der Waals surface area contributed by atoms with E-state index >= 15 is 0 Å². The molecule has 0 bridgehead atoms. The number of aryl methyl sites for hydroxylation is 1. The van der Waals surface area contributed by atoms with Gasteiger partial charge in [-0.05, 0) is 70.4 Å². The minimum Gasteiger partial charge on any atom is -0.307 e. The summed E-state index contributed by atoms with van der Waals surface area (Å²) in [7, 11) is 0. The topological polar surface area (TPSA) is 53.9 Å². The van der Waals surface area contributed by atoms with Crippen molar-refractivity contribution in [3.63, 3.8) is 0 Å². The molecule has 0 radical (unpaired) electrons. The molecule has 0 spiro atoms. The van der Waals surface area contributed by atoms with E-state index in [0.717, 1.165) is 55.7 Å². The molecular formula is C23H30N4O. The summed E-state index contributed by atoms with van der Waals surface area (Å²) < 4.78 is 2.10. The van der Waals surface area contributed by atoms with Crippen molar-refractivity contribution < 1.29 is 0 Å². The van der Waals surface area contributed by atoms with Crippen molar-refractivity contribution in [1.82, 2.24) is 19.7 Å². The number of nitrogens with one attached hydrogen (secondary N) is 1. The Balaban J connectivity index is 1.58. The molecule has 2 aliphatic carbocycles. The molecule has 3 heterocycles. The van der Waals surface area contributed by atoms with Crippen molar-refractivity contribution in [2.45, 2.75) is 65.0 Å². The SMILES string of the molecule is CC(C)N1CCCC(Cn2nc(C3=CC=C3)c3c4c(c(=O)[nH]c32)CCCC4)C1. The van der Waals surface area contributed by atoms with Gasteiger partial charge in [0.2, 0.25) is 0 Å². The number of likely N-dealkylation sites (tertiary alicyclic amines) is 1. The van der Waals surface area contributed by atoms with Crippen LogP contribution in [0.2, 0.25) is 0 Å². The number of rotatable bonds is 4. The van der Waals surface area contributed by atoms with Gasteiger partial charge in [-0.2, -0.15) is 5.10 Å². The van der Waals surface area contributed by atoms with Crippen LogP contribution in [0.1, 0.15) is 56.4 Å². The molecule has 0 saturated carbocycles. The van der Waals surface area contributed by atoms with Crippen LogP contribution in [0.25, 0.3) is 16.6 Å². The maximum absolute atomic E-state index is 12.8. The molecule has 1 fully saturated rings. The molecule has 1 unspecified atom stereocenters. The number of aromatic amines is 1. The molecule has 1 saturated heterocycles. The Morgan fingerprint density at radius 3 is 2.71 bits per heavy atom. The summed E-state index contributed by atoms with van der Waals surface area (Å²) in [4.78, 5) is 18.6. The summed E-state index contributed by atoms with van der Waals surface area (Å²) in [6, 6.07) is 0.588. The number of allylic oxidation sites excluding steroid dienone is 4. The van der Waals surface area contributed by atoms with E-state index in [1.807, 2.05) is 0 Å². The van der Waals surface area contributed by atoms with Crippen molar-refractivity contribution >= 4 is 16.6 Å². The molecule has 2 aromatic rings. The zero-order valence-electron chi connectivity index (χ0n) is 17.0. The van der Waals surface area contributed by atoms with Gasteiger partial charge in [0.15, 0.2) is 0 Å². The summed E-state index contributed by atoms with van der Waals surface area (Å²) in [5, 5.41) is 6.23. The molecular weight excluding hydrogens is 348 g/mol. The third kappa shape index (κ3) is 2.96. The maximum Gasteiger partial charge on any atom is 0.253 e. The van der Waals surface area contributed by atoms with Crippen LogP contribution in [0.15, 0.2) is 23.0 Å². The number of H-pyrrole nitrogens is 1. The summed E-state index contributed by atoms with van der Waals surface area (Å²) >= 11 is 0. The van der Waals surface area contributed by atoms with Crippen LogP contribution in [-0.2, 0) is 19.4 Å². The highest BCUT2D eigenvalue weighted by molar-refractivity contribution is 5.96. The highest BCUT2D eigenvalue weighted by atomic mass is 16.1. The predicted molar refractivity (Wildman–Crippen MR) is 114 cm³/mol. The second-order valence-electron chi connectivity index (χ2n) is 8.95. The zero-order valence-corrected chi connectivity index (χ0v) is 17.0. The minimum absolute atomic E-state index is 0.0977. The molecule has 2 aromatic heterocycles. The van der Waals surface area contributed by atoms with Crippen LogP contribution in [0.3, 0.4) is 0 Å². The van der Waals surface area contributed by atoms with E-state index in [-0.39, 0.29) is 5.56 Å². The number of pyridine rings is 1. The first kappa shape index (κ1) is 17.9. The predicted octanol–water partition coefficient (Wildman–Crippen LogP) is 3.68. The van der Waals surface area contributed by atoms with Crippen LogP contribution in [0.5, 0.6) is 0 Å². The van der Waals surface area contributed by atoms with Gasteiger partial charge in [-0.3, -0.25) is 4.79 Å².